The number of amides is 1. The summed E-state index contributed by atoms with van der Waals surface area (Å²) < 4.78 is 5.94. The van der Waals surface area contributed by atoms with Crippen molar-refractivity contribution in [2.24, 2.45) is 0 Å². The number of piperazine rings is 1. The van der Waals surface area contributed by atoms with Gasteiger partial charge in [0.05, 0.1) is 5.69 Å². The zero-order valence-electron chi connectivity index (χ0n) is 16.7. The molecule has 0 atom stereocenters. The molecule has 0 bridgehead atoms. The third-order valence-corrected chi connectivity index (χ3v) is 5.67. The van der Waals surface area contributed by atoms with E-state index in [-0.39, 0.29) is 5.91 Å². The number of nitrogens with zero attached hydrogens (tertiary/aromatic N) is 3. The largest absolute Gasteiger partial charge is 0.449 e. The average Bonchev–Trinajstić information content (AvgIpc) is 2.73. The Hall–Kier alpha value is -2.34. The zero-order valence-corrected chi connectivity index (χ0v) is 17.4. The van der Waals surface area contributed by atoms with Crippen LogP contribution in [0, 0.1) is 0 Å². The van der Waals surface area contributed by atoms with E-state index >= 15 is 0 Å². The van der Waals surface area contributed by atoms with Gasteiger partial charge in [-0.2, -0.15) is 0 Å². The van der Waals surface area contributed by atoms with Gasteiger partial charge in [0, 0.05) is 37.7 Å². The van der Waals surface area contributed by atoms with Gasteiger partial charge in [-0.15, -0.1) is 0 Å². The molecular formula is C23H26ClN3O2. The molecule has 2 aromatic rings. The number of hydrogen-bond acceptors (Lipinski definition) is 4. The molecule has 2 aliphatic heterocycles. The maximum absolute atomic E-state index is 13.2. The van der Waals surface area contributed by atoms with Crippen molar-refractivity contribution >= 4 is 29.3 Å². The summed E-state index contributed by atoms with van der Waals surface area (Å²) in [5, 5.41) is 0.597. The molecule has 1 saturated heterocycles. The molecule has 0 N–H and O–H groups in total. The van der Waals surface area contributed by atoms with Crippen LogP contribution in [0.15, 0.2) is 54.3 Å². The van der Waals surface area contributed by atoms with E-state index < -0.39 is 0 Å². The lowest BCUT2D eigenvalue weighted by Crippen LogP contribution is -2.45. The quantitative estimate of drug-likeness (QED) is 0.702. The van der Waals surface area contributed by atoms with Gasteiger partial charge < -0.3 is 19.4 Å². The lowest BCUT2D eigenvalue weighted by Gasteiger charge is -2.34. The average molecular weight is 412 g/mol. The second kappa shape index (κ2) is 8.99. The topological polar surface area (TPSA) is 36.0 Å². The Labute approximate surface area is 177 Å². The molecule has 5 nitrogen and oxygen atoms in total. The van der Waals surface area contributed by atoms with Crippen molar-refractivity contribution in [3.63, 3.8) is 0 Å². The predicted molar refractivity (Wildman–Crippen MR) is 117 cm³/mol. The van der Waals surface area contributed by atoms with Crippen LogP contribution >= 0.6 is 11.6 Å². The molecule has 6 heteroatoms. The Morgan fingerprint density at radius 2 is 1.79 bits per heavy atom. The molecule has 29 heavy (non-hydrogen) atoms. The maximum atomic E-state index is 13.2. The molecule has 4 rings (SSSR count). The smallest absolute Gasteiger partial charge is 0.294 e. The fourth-order valence-corrected chi connectivity index (χ4v) is 3.90. The van der Waals surface area contributed by atoms with E-state index in [1.54, 1.807) is 17.0 Å². The molecule has 0 aromatic heterocycles. The van der Waals surface area contributed by atoms with E-state index in [4.69, 9.17) is 16.3 Å². The summed E-state index contributed by atoms with van der Waals surface area (Å²) >= 11 is 6.20. The third-order valence-electron chi connectivity index (χ3n) is 5.44. The van der Waals surface area contributed by atoms with E-state index in [0.717, 1.165) is 50.4 Å². The number of carbonyl (C=O) groups excluding carboxylic acids is 1. The van der Waals surface area contributed by atoms with E-state index in [0.29, 0.717) is 23.1 Å². The Kier molecular flexibility index (Phi) is 6.19. The van der Waals surface area contributed by atoms with Crippen molar-refractivity contribution in [1.82, 2.24) is 9.80 Å². The molecule has 0 radical (unpaired) electrons. The van der Waals surface area contributed by atoms with Crippen LogP contribution in [0.5, 0.6) is 5.75 Å². The van der Waals surface area contributed by atoms with Crippen LogP contribution in [0.2, 0.25) is 5.02 Å². The van der Waals surface area contributed by atoms with E-state index in [2.05, 4.69) is 16.8 Å². The van der Waals surface area contributed by atoms with E-state index in [1.807, 2.05) is 42.5 Å². The number of halogens is 1. The van der Waals surface area contributed by atoms with Crippen LogP contribution in [-0.4, -0.2) is 62.0 Å². The first-order valence-electron chi connectivity index (χ1n) is 10.1. The molecule has 0 saturated carbocycles. The van der Waals surface area contributed by atoms with Gasteiger partial charge in [0.2, 0.25) is 0 Å². The molecule has 1 fully saturated rings. The molecule has 152 valence electrons. The van der Waals surface area contributed by atoms with Gasteiger partial charge >= 0.3 is 0 Å². The van der Waals surface area contributed by atoms with Gasteiger partial charge in [0.25, 0.3) is 5.91 Å². The van der Waals surface area contributed by atoms with Crippen molar-refractivity contribution in [3.05, 3.63) is 64.9 Å². The van der Waals surface area contributed by atoms with Gasteiger partial charge in [0.15, 0.2) is 11.5 Å². The van der Waals surface area contributed by atoms with Crippen LogP contribution in [0.25, 0.3) is 6.08 Å². The van der Waals surface area contributed by atoms with Crippen molar-refractivity contribution in [2.45, 2.75) is 6.42 Å². The van der Waals surface area contributed by atoms with Crippen molar-refractivity contribution in [3.8, 4) is 5.75 Å². The molecule has 2 aliphatic rings. The summed E-state index contributed by atoms with van der Waals surface area (Å²) in [6.07, 6.45) is 2.70. The number of hydrogen-bond donors (Lipinski definition) is 0. The number of anilines is 1. The highest BCUT2D eigenvalue weighted by atomic mass is 35.5. The highest BCUT2D eigenvalue weighted by molar-refractivity contribution is 6.31. The highest BCUT2D eigenvalue weighted by Crippen LogP contribution is 2.37. The Morgan fingerprint density at radius 3 is 2.55 bits per heavy atom. The second-order valence-corrected chi connectivity index (χ2v) is 8.03. The van der Waals surface area contributed by atoms with Gasteiger partial charge in [-0.1, -0.05) is 41.9 Å². The first kappa shape index (κ1) is 20.0. The Balaban J connectivity index is 1.51. The fourth-order valence-electron chi connectivity index (χ4n) is 3.73. The Morgan fingerprint density at radius 1 is 1.03 bits per heavy atom. The number of fused-ring (bicyclic) bond motifs is 1. The predicted octanol–water partition coefficient (Wildman–Crippen LogP) is 3.74. The minimum absolute atomic E-state index is 0.123. The number of rotatable bonds is 5. The summed E-state index contributed by atoms with van der Waals surface area (Å²) in [6.45, 7) is 5.96. The fraction of sp³-hybridized carbons (Fsp3) is 0.348. The molecule has 1 amide bonds. The number of ether oxygens (including phenoxy) is 1. The molecule has 0 spiro atoms. The molecule has 0 aliphatic carbocycles. The van der Waals surface area contributed by atoms with Crippen molar-refractivity contribution in [2.75, 3.05) is 51.2 Å². The first-order chi connectivity index (χ1) is 14.1. The van der Waals surface area contributed by atoms with Gasteiger partial charge in [-0.3, -0.25) is 4.79 Å². The lowest BCUT2D eigenvalue weighted by atomic mass is 10.1. The van der Waals surface area contributed by atoms with E-state index in [9.17, 15) is 4.79 Å². The van der Waals surface area contributed by atoms with Crippen LogP contribution in [0.1, 0.15) is 12.0 Å². The lowest BCUT2D eigenvalue weighted by molar-refractivity contribution is -0.117. The monoisotopic (exact) mass is 411 g/mol. The van der Waals surface area contributed by atoms with E-state index in [1.165, 1.54) is 0 Å². The zero-order chi connectivity index (χ0) is 20.2. The molecular weight excluding hydrogens is 386 g/mol. The molecule has 0 unspecified atom stereocenters. The third kappa shape index (κ3) is 4.81. The number of likely N-dealkylation sites (N-methyl/N-ethyl adjacent to an activating group) is 1. The maximum Gasteiger partial charge on any atom is 0.294 e. The summed E-state index contributed by atoms with van der Waals surface area (Å²) in [6, 6.07) is 15.2. The number of benzene rings is 2. The summed E-state index contributed by atoms with van der Waals surface area (Å²) in [5.74, 6) is 0.878. The first-order valence-corrected chi connectivity index (χ1v) is 10.4. The Bertz CT molecular complexity index is 892. The van der Waals surface area contributed by atoms with Crippen LogP contribution < -0.4 is 9.64 Å². The standard InChI is InChI=1S/C23H26ClN3O2/c1-25-12-14-26(15-13-25)10-5-11-27-20-17-19(24)8-9-21(20)29-22(23(27)28)16-18-6-3-2-4-7-18/h2-4,6-9,16-17H,5,10-15H2,1H3/b22-16-. The normalized spacial score (nSPS) is 19.3. The second-order valence-electron chi connectivity index (χ2n) is 7.59. The summed E-state index contributed by atoms with van der Waals surface area (Å²) in [4.78, 5) is 19.8. The SMILES string of the molecule is CN1CCN(CCCN2C(=O)/C(=C/c3ccccc3)Oc3ccc(Cl)cc32)CC1. The van der Waals surface area contributed by atoms with Gasteiger partial charge in [-0.25, -0.2) is 0 Å². The van der Waals surface area contributed by atoms with Gasteiger partial charge in [0.1, 0.15) is 0 Å². The van der Waals surface area contributed by atoms with Crippen molar-refractivity contribution < 1.29 is 9.53 Å². The minimum Gasteiger partial charge on any atom is -0.449 e. The van der Waals surface area contributed by atoms with Crippen LogP contribution in [0.3, 0.4) is 0 Å². The van der Waals surface area contributed by atoms with Gasteiger partial charge in [-0.05, 0) is 49.9 Å². The number of carbonyl (C=O) groups is 1. The van der Waals surface area contributed by atoms with Crippen LogP contribution in [0.4, 0.5) is 5.69 Å². The van der Waals surface area contributed by atoms with Crippen LogP contribution in [-0.2, 0) is 4.79 Å². The van der Waals surface area contributed by atoms with Crippen molar-refractivity contribution in [1.29, 1.82) is 0 Å². The molecule has 2 aromatic carbocycles. The highest BCUT2D eigenvalue weighted by Gasteiger charge is 2.30. The summed E-state index contributed by atoms with van der Waals surface area (Å²) in [5.41, 5.74) is 1.68. The summed E-state index contributed by atoms with van der Waals surface area (Å²) in [7, 11) is 2.16. The minimum atomic E-state index is -0.123. The molecule has 2 heterocycles.